The summed E-state index contributed by atoms with van der Waals surface area (Å²) in [7, 11) is 1.34. The van der Waals surface area contributed by atoms with Crippen molar-refractivity contribution < 1.29 is 14.3 Å². The topological polar surface area (TPSA) is 58.6 Å². The first-order valence-corrected chi connectivity index (χ1v) is 10.6. The highest BCUT2D eigenvalue weighted by atomic mass is 79.9. The molecule has 0 aliphatic rings. The third-order valence-electron chi connectivity index (χ3n) is 4.89. The molecule has 1 unspecified atom stereocenters. The summed E-state index contributed by atoms with van der Waals surface area (Å²) in [6, 6.07) is 15.2. The first-order valence-electron chi connectivity index (χ1n) is 9.80. The summed E-state index contributed by atoms with van der Waals surface area (Å²) < 4.78 is 5.68. The Morgan fingerprint density at radius 2 is 1.83 bits per heavy atom. The van der Waals surface area contributed by atoms with Gasteiger partial charge in [0, 0.05) is 22.6 Å². The van der Waals surface area contributed by atoms with Gasteiger partial charge in [-0.05, 0) is 55.8 Å². The fourth-order valence-corrected chi connectivity index (χ4v) is 3.54. The number of methoxy groups -OCH3 is 1. The molecule has 0 saturated heterocycles. The van der Waals surface area contributed by atoms with Crippen LogP contribution in [-0.2, 0) is 16.1 Å². The van der Waals surface area contributed by atoms with Crippen LogP contribution in [0.5, 0.6) is 0 Å². The van der Waals surface area contributed by atoms with Crippen molar-refractivity contribution in [3.05, 3.63) is 69.7 Å². The lowest BCUT2D eigenvalue weighted by Crippen LogP contribution is -2.31. The fourth-order valence-electron chi connectivity index (χ4n) is 3.12. The summed E-state index contributed by atoms with van der Waals surface area (Å²) in [5.41, 5.74) is 2.56. The van der Waals surface area contributed by atoms with E-state index in [1.165, 1.54) is 7.11 Å². The molecule has 0 spiro atoms. The quantitative estimate of drug-likeness (QED) is 0.550. The van der Waals surface area contributed by atoms with Crippen LogP contribution in [0.4, 0.5) is 0 Å². The molecule has 29 heavy (non-hydrogen) atoms. The molecule has 0 aromatic heterocycles. The molecule has 0 saturated carbocycles. The highest BCUT2D eigenvalue weighted by Gasteiger charge is 2.20. The van der Waals surface area contributed by atoms with Crippen molar-refractivity contribution in [3.8, 4) is 0 Å². The molecule has 1 amide bonds. The Balaban J connectivity index is 2.13. The number of hydrogen-bond donors (Lipinski definition) is 1. The fraction of sp³-hybridized carbons (Fsp3) is 0.391. The normalized spacial score (nSPS) is 12.1. The number of ether oxygens (including phenoxy) is 1. The Bertz CT molecular complexity index is 821. The first kappa shape index (κ1) is 23.1. The van der Waals surface area contributed by atoms with Gasteiger partial charge < -0.3 is 10.1 Å². The van der Waals surface area contributed by atoms with E-state index < -0.39 is 6.04 Å². The van der Waals surface area contributed by atoms with Crippen molar-refractivity contribution in [1.29, 1.82) is 0 Å². The van der Waals surface area contributed by atoms with Gasteiger partial charge in [-0.1, -0.05) is 47.1 Å². The number of carbonyl (C=O) groups is 2. The molecule has 2 aromatic rings. The molecular formula is C23H29BrN2O3. The van der Waals surface area contributed by atoms with E-state index in [-0.39, 0.29) is 18.3 Å². The van der Waals surface area contributed by atoms with Gasteiger partial charge in [0.1, 0.15) is 0 Å². The maximum Gasteiger partial charge on any atom is 0.307 e. The van der Waals surface area contributed by atoms with Crippen LogP contribution in [0.2, 0.25) is 0 Å². The van der Waals surface area contributed by atoms with Gasteiger partial charge in [0.2, 0.25) is 0 Å². The van der Waals surface area contributed by atoms with E-state index in [0.29, 0.717) is 11.6 Å². The van der Waals surface area contributed by atoms with Crippen LogP contribution in [0, 0.1) is 0 Å². The molecular weight excluding hydrogens is 432 g/mol. The zero-order valence-electron chi connectivity index (χ0n) is 17.4. The average Bonchev–Trinajstić information content (AvgIpc) is 2.71. The van der Waals surface area contributed by atoms with Crippen molar-refractivity contribution in [1.82, 2.24) is 10.2 Å². The molecule has 2 aromatic carbocycles. The van der Waals surface area contributed by atoms with Crippen molar-refractivity contribution in [3.63, 3.8) is 0 Å². The lowest BCUT2D eigenvalue weighted by Gasteiger charge is -2.24. The number of amides is 1. The molecule has 1 atom stereocenters. The molecule has 5 nitrogen and oxygen atoms in total. The van der Waals surface area contributed by atoms with E-state index in [2.05, 4.69) is 46.9 Å². The lowest BCUT2D eigenvalue weighted by atomic mass is 10.0. The zero-order chi connectivity index (χ0) is 21.4. The molecule has 0 fully saturated rings. The number of nitrogens with one attached hydrogen (secondary N) is 1. The van der Waals surface area contributed by atoms with E-state index >= 15 is 0 Å². The lowest BCUT2D eigenvalue weighted by molar-refractivity contribution is -0.141. The van der Waals surface area contributed by atoms with E-state index in [1.807, 2.05) is 48.5 Å². The molecule has 0 aliphatic heterocycles. The number of benzene rings is 2. The number of esters is 1. The number of halogens is 1. The van der Waals surface area contributed by atoms with Gasteiger partial charge in [-0.2, -0.15) is 0 Å². The van der Waals surface area contributed by atoms with Crippen molar-refractivity contribution in [2.24, 2.45) is 0 Å². The van der Waals surface area contributed by atoms with Crippen LogP contribution >= 0.6 is 15.9 Å². The van der Waals surface area contributed by atoms with Crippen LogP contribution < -0.4 is 5.32 Å². The zero-order valence-corrected chi connectivity index (χ0v) is 19.0. The Labute approximate surface area is 181 Å². The van der Waals surface area contributed by atoms with E-state index in [4.69, 9.17) is 4.74 Å². The van der Waals surface area contributed by atoms with Gasteiger partial charge >= 0.3 is 5.97 Å². The molecule has 6 heteroatoms. The average molecular weight is 461 g/mol. The Hall–Kier alpha value is -2.18. The minimum absolute atomic E-state index is 0.0661. The summed E-state index contributed by atoms with van der Waals surface area (Å²) in [5, 5.41) is 2.96. The minimum Gasteiger partial charge on any atom is -0.469 e. The third kappa shape index (κ3) is 6.98. The van der Waals surface area contributed by atoms with E-state index in [1.54, 1.807) is 0 Å². The minimum atomic E-state index is -0.469. The molecule has 0 aliphatic carbocycles. The second kappa shape index (κ2) is 11.1. The standard InChI is InChI=1S/C23H29BrN2O3/c1-5-26(16(2)3)15-17-9-11-18(12-10-17)23(28)25-21(14-22(27)29-4)19-7-6-8-20(24)13-19/h6-13,16,21H,5,14-15H2,1-4H3,(H,25,28). The van der Waals surface area contributed by atoms with Crippen LogP contribution in [0.25, 0.3) is 0 Å². The van der Waals surface area contributed by atoms with Gasteiger partial charge in [0.05, 0.1) is 19.6 Å². The van der Waals surface area contributed by atoms with Gasteiger partial charge in [-0.15, -0.1) is 0 Å². The van der Waals surface area contributed by atoms with Gasteiger partial charge in [-0.3, -0.25) is 14.5 Å². The summed E-state index contributed by atoms with van der Waals surface area (Å²) in [4.78, 5) is 27.0. The predicted molar refractivity (Wildman–Crippen MR) is 119 cm³/mol. The third-order valence-corrected chi connectivity index (χ3v) is 5.39. The number of hydrogen-bond acceptors (Lipinski definition) is 4. The van der Waals surface area contributed by atoms with E-state index in [0.717, 1.165) is 28.7 Å². The van der Waals surface area contributed by atoms with Crippen molar-refractivity contribution >= 4 is 27.8 Å². The molecule has 1 N–H and O–H groups in total. The molecule has 0 radical (unpaired) electrons. The summed E-state index contributed by atoms with van der Waals surface area (Å²) in [5.74, 6) is -0.597. The highest BCUT2D eigenvalue weighted by Crippen LogP contribution is 2.22. The largest absolute Gasteiger partial charge is 0.469 e. The smallest absolute Gasteiger partial charge is 0.307 e. The first-order chi connectivity index (χ1) is 13.8. The number of rotatable bonds is 9. The number of carbonyl (C=O) groups excluding carboxylic acids is 2. The van der Waals surface area contributed by atoms with Crippen LogP contribution in [0.15, 0.2) is 53.0 Å². The molecule has 156 valence electrons. The SMILES string of the molecule is CCN(Cc1ccc(C(=O)NC(CC(=O)OC)c2cccc(Br)c2)cc1)C(C)C. The monoisotopic (exact) mass is 460 g/mol. The summed E-state index contributed by atoms with van der Waals surface area (Å²) in [6.45, 7) is 8.31. The second-order valence-electron chi connectivity index (χ2n) is 7.22. The maximum atomic E-state index is 12.8. The molecule has 0 bridgehead atoms. The van der Waals surface area contributed by atoms with Gasteiger partial charge in [0.15, 0.2) is 0 Å². The molecule has 0 heterocycles. The summed E-state index contributed by atoms with van der Waals surface area (Å²) >= 11 is 3.44. The van der Waals surface area contributed by atoms with Crippen molar-refractivity contribution in [2.45, 2.75) is 45.8 Å². The molecule has 2 rings (SSSR count). The van der Waals surface area contributed by atoms with Crippen LogP contribution in [-0.4, -0.2) is 36.5 Å². The maximum absolute atomic E-state index is 12.8. The van der Waals surface area contributed by atoms with Crippen LogP contribution in [0.1, 0.15) is 54.7 Å². The predicted octanol–water partition coefficient (Wildman–Crippen LogP) is 4.71. The van der Waals surface area contributed by atoms with Gasteiger partial charge in [0.25, 0.3) is 5.91 Å². The van der Waals surface area contributed by atoms with E-state index in [9.17, 15) is 9.59 Å². The Morgan fingerprint density at radius 1 is 1.14 bits per heavy atom. The van der Waals surface area contributed by atoms with Crippen molar-refractivity contribution in [2.75, 3.05) is 13.7 Å². The highest BCUT2D eigenvalue weighted by molar-refractivity contribution is 9.10. The van der Waals surface area contributed by atoms with Crippen LogP contribution in [0.3, 0.4) is 0 Å². The second-order valence-corrected chi connectivity index (χ2v) is 8.13. The number of nitrogens with zero attached hydrogens (tertiary/aromatic N) is 1. The summed E-state index contributed by atoms with van der Waals surface area (Å²) in [6.07, 6.45) is 0.0661. The van der Waals surface area contributed by atoms with Gasteiger partial charge in [-0.25, -0.2) is 0 Å². The Morgan fingerprint density at radius 3 is 2.38 bits per heavy atom. The Kier molecular flexibility index (Phi) is 8.86.